The standard InChI is InChI=1S/C11H15NO4S/c1-15-6-4-5-7(16-2)10(17-3)8(6)9(12)11(13)14/h4-5,9H,12H2,1-3H3,(H,13,14). The Morgan fingerprint density at radius 3 is 2.29 bits per heavy atom. The van der Waals surface area contributed by atoms with Gasteiger partial charge in [0.15, 0.2) is 0 Å². The second kappa shape index (κ2) is 5.79. The van der Waals surface area contributed by atoms with Crippen LogP contribution in [0.2, 0.25) is 0 Å². The molecule has 0 aliphatic rings. The van der Waals surface area contributed by atoms with E-state index in [1.165, 1.54) is 26.0 Å². The Hall–Kier alpha value is -1.40. The molecule has 0 heterocycles. The SMILES string of the molecule is COc1ccc(OC)c(C(N)C(=O)O)c1SC. The summed E-state index contributed by atoms with van der Waals surface area (Å²) in [5.41, 5.74) is 6.10. The van der Waals surface area contributed by atoms with Crippen LogP contribution in [0.4, 0.5) is 0 Å². The predicted molar refractivity (Wildman–Crippen MR) is 65.9 cm³/mol. The van der Waals surface area contributed by atoms with E-state index in [-0.39, 0.29) is 0 Å². The van der Waals surface area contributed by atoms with Gasteiger partial charge in [-0.2, -0.15) is 0 Å². The molecule has 0 aliphatic carbocycles. The molecule has 0 bridgehead atoms. The number of thioether (sulfide) groups is 1. The lowest BCUT2D eigenvalue weighted by molar-refractivity contribution is -0.138. The van der Waals surface area contributed by atoms with Gasteiger partial charge in [-0.1, -0.05) is 0 Å². The van der Waals surface area contributed by atoms with Crippen LogP contribution in [0.25, 0.3) is 0 Å². The van der Waals surface area contributed by atoms with Gasteiger partial charge in [0.2, 0.25) is 0 Å². The highest BCUT2D eigenvalue weighted by Gasteiger charge is 2.24. The Balaban J connectivity index is 3.44. The number of carboxylic acid groups (broad SMARTS) is 1. The summed E-state index contributed by atoms with van der Waals surface area (Å²) in [6, 6.07) is 2.24. The van der Waals surface area contributed by atoms with Crippen molar-refractivity contribution in [3.05, 3.63) is 17.7 Å². The van der Waals surface area contributed by atoms with E-state index in [1.54, 1.807) is 12.1 Å². The van der Waals surface area contributed by atoms with Crippen LogP contribution in [0, 0.1) is 0 Å². The van der Waals surface area contributed by atoms with Crippen LogP contribution >= 0.6 is 11.8 Å². The molecule has 0 aromatic heterocycles. The van der Waals surface area contributed by atoms with Crippen molar-refractivity contribution >= 4 is 17.7 Å². The van der Waals surface area contributed by atoms with E-state index < -0.39 is 12.0 Å². The van der Waals surface area contributed by atoms with Gasteiger partial charge in [-0.05, 0) is 18.4 Å². The number of aliphatic carboxylic acids is 1. The molecule has 1 aromatic carbocycles. The second-order valence-corrected chi connectivity index (χ2v) is 4.05. The third-order valence-electron chi connectivity index (χ3n) is 2.34. The average Bonchev–Trinajstić information content (AvgIpc) is 2.35. The molecule has 1 atom stereocenters. The van der Waals surface area contributed by atoms with Crippen LogP contribution in [0.3, 0.4) is 0 Å². The zero-order valence-corrected chi connectivity index (χ0v) is 10.7. The predicted octanol–water partition coefficient (Wildman–Crippen LogP) is 1.51. The van der Waals surface area contributed by atoms with Crippen LogP contribution < -0.4 is 15.2 Å². The van der Waals surface area contributed by atoms with E-state index in [0.29, 0.717) is 22.0 Å². The van der Waals surface area contributed by atoms with Crippen molar-refractivity contribution in [2.45, 2.75) is 10.9 Å². The van der Waals surface area contributed by atoms with Crippen molar-refractivity contribution in [2.75, 3.05) is 20.5 Å². The number of benzene rings is 1. The van der Waals surface area contributed by atoms with Crippen molar-refractivity contribution < 1.29 is 19.4 Å². The molecule has 0 fully saturated rings. The largest absolute Gasteiger partial charge is 0.496 e. The number of rotatable bonds is 5. The minimum atomic E-state index is -1.14. The average molecular weight is 257 g/mol. The topological polar surface area (TPSA) is 81.8 Å². The first-order valence-corrected chi connectivity index (χ1v) is 6.06. The Labute approximate surface area is 104 Å². The summed E-state index contributed by atoms with van der Waals surface area (Å²) in [6.45, 7) is 0. The Kier molecular flexibility index (Phi) is 4.65. The van der Waals surface area contributed by atoms with Gasteiger partial charge in [-0.15, -0.1) is 11.8 Å². The van der Waals surface area contributed by atoms with E-state index in [0.717, 1.165) is 0 Å². The van der Waals surface area contributed by atoms with E-state index in [9.17, 15) is 4.79 Å². The molecular weight excluding hydrogens is 242 g/mol. The zero-order chi connectivity index (χ0) is 13.0. The summed E-state index contributed by atoms with van der Waals surface area (Å²) in [5, 5.41) is 9.01. The van der Waals surface area contributed by atoms with E-state index >= 15 is 0 Å². The lowest BCUT2D eigenvalue weighted by atomic mass is 10.1. The molecule has 1 rings (SSSR count). The number of methoxy groups -OCH3 is 2. The van der Waals surface area contributed by atoms with E-state index in [4.69, 9.17) is 20.3 Å². The summed E-state index contributed by atoms with van der Waals surface area (Å²) in [5.74, 6) is -0.0677. The van der Waals surface area contributed by atoms with Gasteiger partial charge in [0.1, 0.15) is 17.5 Å². The molecule has 0 amide bonds. The highest BCUT2D eigenvalue weighted by atomic mass is 32.2. The molecule has 0 spiro atoms. The summed E-state index contributed by atoms with van der Waals surface area (Å²) >= 11 is 1.37. The molecule has 0 aliphatic heterocycles. The first-order chi connectivity index (χ1) is 8.06. The zero-order valence-electron chi connectivity index (χ0n) is 9.89. The normalized spacial score (nSPS) is 12.0. The molecule has 0 saturated carbocycles. The Morgan fingerprint density at radius 2 is 1.88 bits per heavy atom. The minimum Gasteiger partial charge on any atom is -0.496 e. The van der Waals surface area contributed by atoms with Crippen molar-refractivity contribution in [2.24, 2.45) is 5.73 Å². The first-order valence-electron chi connectivity index (χ1n) is 4.84. The van der Waals surface area contributed by atoms with Crippen molar-refractivity contribution in [1.29, 1.82) is 0 Å². The highest BCUT2D eigenvalue weighted by molar-refractivity contribution is 7.98. The van der Waals surface area contributed by atoms with Crippen molar-refractivity contribution in [3.8, 4) is 11.5 Å². The molecule has 1 aromatic rings. The van der Waals surface area contributed by atoms with Crippen LogP contribution in [0.1, 0.15) is 11.6 Å². The summed E-state index contributed by atoms with van der Waals surface area (Å²) < 4.78 is 10.3. The van der Waals surface area contributed by atoms with Crippen molar-refractivity contribution in [3.63, 3.8) is 0 Å². The summed E-state index contributed by atoms with van der Waals surface area (Å²) in [7, 11) is 3.00. The molecule has 5 nitrogen and oxygen atoms in total. The highest BCUT2D eigenvalue weighted by Crippen LogP contribution is 2.39. The molecule has 3 N–H and O–H groups in total. The van der Waals surface area contributed by atoms with E-state index in [1.807, 2.05) is 6.26 Å². The Morgan fingerprint density at radius 1 is 1.35 bits per heavy atom. The lowest BCUT2D eigenvalue weighted by Crippen LogP contribution is -2.22. The van der Waals surface area contributed by atoms with Crippen LogP contribution in [0.5, 0.6) is 11.5 Å². The minimum absolute atomic E-state index is 0.437. The third-order valence-corrected chi connectivity index (χ3v) is 3.17. The van der Waals surface area contributed by atoms with Gasteiger partial charge in [0.25, 0.3) is 0 Å². The number of hydrogen-bond acceptors (Lipinski definition) is 5. The van der Waals surface area contributed by atoms with Gasteiger partial charge < -0.3 is 20.3 Å². The maximum Gasteiger partial charge on any atom is 0.325 e. The van der Waals surface area contributed by atoms with Crippen molar-refractivity contribution in [1.82, 2.24) is 0 Å². The smallest absolute Gasteiger partial charge is 0.325 e. The molecular formula is C11H15NO4S. The molecule has 94 valence electrons. The van der Waals surface area contributed by atoms with E-state index in [2.05, 4.69) is 0 Å². The molecule has 1 unspecified atom stereocenters. The maximum atomic E-state index is 11.0. The fraction of sp³-hybridized carbons (Fsp3) is 0.364. The number of carbonyl (C=O) groups is 1. The number of carboxylic acids is 1. The fourth-order valence-electron chi connectivity index (χ4n) is 1.53. The van der Waals surface area contributed by atoms with Gasteiger partial charge in [0, 0.05) is 5.56 Å². The van der Waals surface area contributed by atoms with Crippen LogP contribution in [-0.4, -0.2) is 31.6 Å². The molecule has 17 heavy (non-hydrogen) atoms. The van der Waals surface area contributed by atoms with Gasteiger partial charge in [-0.3, -0.25) is 4.79 Å². The number of ether oxygens (including phenoxy) is 2. The third kappa shape index (κ3) is 2.65. The maximum absolute atomic E-state index is 11.0. The van der Waals surface area contributed by atoms with Gasteiger partial charge >= 0.3 is 5.97 Å². The van der Waals surface area contributed by atoms with Crippen LogP contribution in [-0.2, 0) is 4.79 Å². The second-order valence-electron chi connectivity index (χ2n) is 3.23. The summed E-state index contributed by atoms with van der Waals surface area (Å²) in [4.78, 5) is 11.7. The number of nitrogens with two attached hydrogens (primary N) is 1. The molecule has 6 heteroatoms. The lowest BCUT2D eigenvalue weighted by Gasteiger charge is -2.18. The van der Waals surface area contributed by atoms with Crippen LogP contribution in [0.15, 0.2) is 17.0 Å². The van der Waals surface area contributed by atoms with Gasteiger partial charge in [-0.25, -0.2) is 0 Å². The monoisotopic (exact) mass is 257 g/mol. The quantitative estimate of drug-likeness (QED) is 0.778. The number of hydrogen-bond donors (Lipinski definition) is 2. The van der Waals surface area contributed by atoms with Gasteiger partial charge in [0.05, 0.1) is 19.1 Å². The first kappa shape index (κ1) is 13.7. The Bertz CT molecular complexity index is 422. The molecule has 0 saturated heterocycles. The molecule has 0 radical (unpaired) electrons. The summed E-state index contributed by atoms with van der Waals surface area (Å²) in [6.07, 6.45) is 1.83. The fourth-order valence-corrected chi connectivity index (χ4v) is 2.33.